The van der Waals surface area contributed by atoms with Gasteiger partial charge in [0.1, 0.15) is 17.3 Å². The van der Waals surface area contributed by atoms with E-state index in [0.29, 0.717) is 23.3 Å². The Hall–Kier alpha value is -2.43. The fourth-order valence-electron chi connectivity index (χ4n) is 3.25. The first-order chi connectivity index (χ1) is 12.0. The summed E-state index contributed by atoms with van der Waals surface area (Å²) in [5.41, 5.74) is 2.72. The Balaban J connectivity index is 1.86. The zero-order chi connectivity index (χ0) is 17.8. The molecule has 5 heteroatoms. The molecule has 1 amide bonds. The van der Waals surface area contributed by atoms with Crippen LogP contribution in [0.4, 0.5) is 11.5 Å². The summed E-state index contributed by atoms with van der Waals surface area (Å²) < 4.78 is 0. The van der Waals surface area contributed by atoms with Crippen molar-refractivity contribution in [2.75, 3.05) is 18.4 Å². The van der Waals surface area contributed by atoms with E-state index in [1.54, 1.807) is 6.07 Å². The van der Waals surface area contributed by atoms with Crippen LogP contribution < -0.4 is 5.32 Å². The predicted octanol–water partition coefficient (Wildman–Crippen LogP) is 4.28. The van der Waals surface area contributed by atoms with Gasteiger partial charge in [-0.1, -0.05) is 32.0 Å². The molecule has 2 heterocycles. The molecular formula is C20H26N4O. The predicted molar refractivity (Wildman–Crippen MR) is 100 cm³/mol. The van der Waals surface area contributed by atoms with Crippen LogP contribution in [0.15, 0.2) is 30.3 Å². The highest BCUT2D eigenvalue weighted by atomic mass is 16.2. The molecule has 0 saturated carbocycles. The Morgan fingerprint density at radius 2 is 1.84 bits per heavy atom. The number of nitrogens with one attached hydrogen (secondary N) is 1. The van der Waals surface area contributed by atoms with E-state index in [1.807, 2.05) is 30.0 Å². The summed E-state index contributed by atoms with van der Waals surface area (Å²) in [5, 5.41) is 3.37. The van der Waals surface area contributed by atoms with Crippen molar-refractivity contribution in [3.8, 4) is 0 Å². The molecular weight excluding hydrogens is 312 g/mol. The number of hydrogen-bond donors (Lipinski definition) is 1. The molecule has 0 atom stereocenters. The highest BCUT2D eigenvalue weighted by Crippen LogP contribution is 2.26. The molecule has 1 aromatic carbocycles. The van der Waals surface area contributed by atoms with Gasteiger partial charge in [0, 0.05) is 24.8 Å². The Bertz CT molecular complexity index is 751. The lowest BCUT2D eigenvalue weighted by Gasteiger charge is -2.26. The Labute approximate surface area is 149 Å². The number of likely N-dealkylation sites (tertiary alicyclic amines) is 1. The summed E-state index contributed by atoms with van der Waals surface area (Å²) in [5.74, 6) is 1.68. The van der Waals surface area contributed by atoms with E-state index in [9.17, 15) is 4.79 Å². The first-order valence-corrected chi connectivity index (χ1v) is 9.05. The fourth-order valence-corrected chi connectivity index (χ4v) is 3.25. The molecule has 0 aliphatic carbocycles. The molecule has 1 aliphatic heterocycles. The molecule has 3 rings (SSSR count). The lowest BCUT2D eigenvalue weighted by atomic mass is 10.0. The molecule has 0 unspecified atom stereocenters. The SMILES string of the molecule is Cc1nc(Nc2ccccc2C(C)C)cc(C(=O)N2CCCCC2)n1. The monoisotopic (exact) mass is 338 g/mol. The van der Waals surface area contributed by atoms with E-state index >= 15 is 0 Å². The van der Waals surface area contributed by atoms with E-state index in [0.717, 1.165) is 31.6 Å². The van der Waals surface area contributed by atoms with E-state index in [2.05, 4.69) is 35.2 Å². The number of anilines is 2. The summed E-state index contributed by atoms with van der Waals surface area (Å²) in [6.45, 7) is 7.79. The first-order valence-electron chi connectivity index (χ1n) is 9.05. The second kappa shape index (κ2) is 7.64. The van der Waals surface area contributed by atoms with Crippen molar-refractivity contribution in [3.63, 3.8) is 0 Å². The van der Waals surface area contributed by atoms with Crippen LogP contribution in [-0.2, 0) is 0 Å². The number of hydrogen-bond acceptors (Lipinski definition) is 4. The summed E-state index contributed by atoms with van der Waals surface area (Å²) in [7, 11) is 0. The molecule has 5 nitrogen and oxygen atoms in total. The Morgan fingerprint density at radius 3 is 2.56 bits per heavy atom. The number of aromatic nitrogens is 2. The van der Waals surface area contributed by atoms with Gasteiger partial charge in [-0.05, 0) is 43.7 Å². The van der Waals surface area contributed by atoms with Crippen LogP contribution in [0, 0.1) is 6.92 Å². The van der Waals surface area contributed by atoms with Gasteiger partial charge in [-0.3, -0.25) is 4.79 Å². The van der Waals surface area contributed by atoms with Crippen LogP contribution >= 0.6 is 0 Å². The number of piperidine rings is 1. The quantitative estimate of drug-likeness (QED) is 0.904. The van der Waals surface area contributed by atoms with Gasteiger partial charge in [-0.15, -0.1) is 0 Å². The van der Waals surface area contributed by atoms with Crippen molar-refractivity contribution >= 4 is 17.4 Å². The second-order valence-electron chi connectivity index (χ2n) is 6.91. The van der Waals surface area contributed by atoms with E-state index in [-0.39, 0.29) is 5.91 Å². The summed E-state index contributed by atoms with van der Waals surface area (Å²) in [6, 6.07) is 9.96. The van der Waals surface area contributed by atoms with Crippen LogP contribution in [0.2, 0.25) is 0 Å². The zero-order valence-electron chi connectivity index (χ0n) is 15.2. The zero-order valence-corrected chi connectivity index (χ0v) is 15.2. The van der Waals surface area contributed by atoms with Crippen LogP contribution in [0.5, 0.6) is 0 Å². The van der Waals surface area contributed by atoms with E-state index in [4.69, 9.17) is 0 Å². The van der Waals surface area contributed by atoms with Gasteiger partial charge in [0.25, 0.3) is 5.91 Å². The number of nitrogens with zero attached hydrogens (tertiary/aromatic N) is 3. The van der Waals surface area contributed by atoms with Crippen molar-refractivity contribution < 1.29 is 4.79 Å². The highest BCUT2D eigenvalue weighted by Gasteiger charge is 2.20. The van der Waals surface area contributed by atoms with Gasteiger partial charge in [-0.25, -0.2) is 9.97 Å². The van der Waals surface area contributed by atoms with Crippen molar-refractivity contribution in [2.45, 2.75) is 46.0 Å². The molecule has 132 valence electrons. The standard InChI is InChI=1S/C20H26N4O/c1-14(2)16-9-5-6-10-17(16)23-19-13-18(21-15(3)22-19)20(25)24-11-7-4-8-12-24/h5-6,9-10,13-14H,4,7-8,11-12H2,1-3H3,(H,21,22,23). The third kappa shape index (κ3) is 4.16. The number of benzene rings is 1. The highest BCUT2D eigenvalue weighted by molar-refractivity contribution is 5.93. The topological polar surface area (TPSA) is 58.1 Å². The van der Waals surface area contributed by atoms with Gasteiger partial charge in [0.2, 0.25) is 0 Å². The lowest BCUT2D eigenvalue weighted by Crippen LogP contribution is -2.36. The number of aryl methyl sites for hydroxylation is 1. The van der Waals surface area contributed by atoms with Crippen LogP contribution in [0.3, 0.4) is 0 Å². The minimum Gasteiger partial charge on any atom is -0.340 e. The molecule has 2 aromatic rings. The molecule has 1 aliphatic rings. The summed E-state index contributed by atoms with van der Waals surface area (Å²) in [4.78, 5) is 23.5. The molecule has 0 spiro atoms. The van der Waals surface area contributed by atoms with Gasteiger partial charge in [0.05, 0.1) is 0 Å². The number of carbonyl (C=O) groups is 1. The summed E-state index contributed by atoms with van der Waals surface area (Å²) >= 11 is 0. The molecule has 1 N–H and O–H groups in total. The Morgan fingerprint density at radius 1 is 1.12 bits per heavy atom. The molecule has 1 saturated heterocycles. The largest absolute Gasteiger partial charge is 0.340 e. The maximum absolute atomic E-state index is 12.7. The minimum absolute atomic E-state index is 0.00500. The third-order valence-electron chi connectivity index (χ3n) is 4.55. The van der Waals surface area contributed by atoms with Crippen molar-refractivity contribution in [1.29, 1.82) is 0 Å². The van der Waals surface area contributed by atoms with Crippen LogP contribution in [0.25, 0.3) is 0 Å². The van der Waals surface area contributed by atoms with Crippen LogP contribution in [-0.4, -0.2) is 33.9 Å². The number of carbonyl (C=O) groups excluding carboxylic acids is 1. The average Bonchev–Trinajstić information content (AvgIpc) is 2.61. The number of para-hydroxylation sites is 1. The smallest absolute Gasteiger partial charge is 0.272 e. The molecule has 1 aromatic heterocycles. The first kappa shape index (κ1) is 17.4. The molecule has 0 bridgehead atoms. The molecule has 0 radical (unpaired) electrons. The summed E-state index contributed by atoms with van der Waals surface area (Å²) in [6.07, 6.45) is 3.34. The van der Waals surface area contributed by atoms with Gasteiger partial charge < -0.3 is 10.2 Å². The van der Waals surface area contributed by atoms with Gasteiger partial charge >= 0.3 is 0 Å². The molecule has 1 fully saturated rings. The average molecular weight is 338 g/mol. The van der Waals surface area contributed by atoms with E-state index in [1.165, 1.54) is 12.0 Å². The maximum atomic E-state index is 12.7. The third-order valence-corrected chi connectivity index (χ3v) is 4.55. The Kier molecular flexibility index (Phi) is 5.31. The minimum atomic E-state index is 0.00500. The lowest BCUT2D eigenvalue weighted by molar-refractivity contribution is 0.0718. The van der Waals surface area contributed by atoms with Crippen molar-refractivity contribution in [3.05, 3.63) is 47.4 Å². The molecule has 25 heavy (non-hydrogen) atoms. The number of amides is 1. The number of rotatable bonds is 4. The van der Waals surface area contributed by atoms with E-state index < -0.39 is 0 Å². The second-order valence-corrected chi connectivity index (χ2v) is 6.91. The van der Waals surface area contributed by atoms with Gasteiger partial charge in [-0.2, -0.15) is 0 Å². The van der Waals surface area contributed by atoms with Gasteiger partial charge in [0.15, 0.2) is 0 Å². The fraction of sp³-hybridized carbons (Fsp3) is 0.450. The van der Waals surface area contributed by atoms with Crippen molar-refractivity contribution in [1.82, 2.24) is 14.9 Å². The van der Waals surface area contributed by atoms with Crippen LogP contribution in [0.1, 0.15) is 60.9 Å². The van der Waals surface area contributed by atoms with Crippen molar-refractivity contribution in [2.24, 2.45) is 0 Å². The normalized spacial score (nSPS) is 14.6. The maximum Gasteiger partial charge on any atom is 0.272 e.